The number of hydrogen-bond acceptors (Lipinski definition) is 3. The van der Waals surface area contributed by atoms with Gasteiger partial charge in [-0.25, -0.2) is 0 Å². The Hall–Kier alpha value is -0.410. The molecule has 0 spiro atoms. The number of hydrogen-bond donors (Lipinski definition) is 2. The summed E-state index contributed by atoms with van der Waals surface area (Å²) in [5.41, 5.74) is 11.0. The molecule has 2 unspecified atom stereocenters. The highest BCUT2D eigenvalue weighted by molar-refractivity contribution is 5.83. The number of carbonyl (C=O) groups is 1. The Bertz CT molecular complexity index is 123. The normalized spacial score (nSPS) is 16.0. The van der Waals surface area contributed by atoms with Crippen molar-refractivity contribution in [3.05, 3.63) is 0 Å². The monoisotopic (exact) mass is 158 g/mol. The summed E-state index contributed by atoms with van der Waals surface area (Å²) in [5, 5.41) is 0. The number of Topliss-reactive ketones (excluding diaryl/α,β-unsaturated/α-hetero) is 1. The molecule has 0 aliphatic heterocycles. The first kappa shape index (κ1) is 10.6. The molecule has 0 bridgehead atoms. The van der Waals surface area contributed by atoms with Gasteiger partial charge in [0.1, 0.15) is 0 Å². The summed E-state index contributed by atoms with van der Waals surface area (Å²) >= 11 is 0. The van der Waals surface area contributed by atoms with Crippen molar-refractivity contribution in [2.75, 3.05) is 0 Å². The lowest BCUT2D eigenvalue weighted by atomic mass is 10.0. The van der Waals surface area contributed by atoms with Gasteiger partial charge in [0.2, 0.25) is 0 Å². The molecule has 0 aromatic rings. The van der Waals surface area contributed by atoms with Crippen LogP contribution in [0.2, 0.25) is 0 Å². The first-order valence-electron chi connectivity index (χ1n) is 4.11. The van der Waals surface area contributed by atoms with Crippen LogP contribution in [0.15, 0.2) is 0 Å². The first-order valence-corrected chi connectivity index (χ1v) is 4.11. The average Bonchev–Trinajstić information content (AvgIpc) is 1.87. The van der Waals surface area contributed by atoms with Gasteiger partial charge in [-0.2, -0.15) is 0 Å². The summed E-state index contributed by atoms with van der Waals surface area (Å²) in [6.07, 6.45) is 2.34. The minimum absolute atomic E-state index is 0.00139. The van der Waals surface area contributed by atoms with Gasteiger partial charge in [0.05, 0.1) is 6.04 Å². The molecule has 0 aliphatic rings. The molecule has 0 saturated heterocycles. The molecule has 0 fully saturated rings. The Balaban J connectivity index is 3.57. The van der Waals surface area contributed by atoms with E-state index in [1.165, 1.54) is 0 Å². The summed E-state index contributed by atoms with van der Waals surface area (Å²) in [7, 11) is 0. The highest BCUT2D eigenvalue weighted by Crippen LogP contribution is 2.00. The maximum atomic E-state index is 11.0. The van der Waals surface area contributed by atoms with Crippen molar-refractivity contribution in [1.29, 1.82) is 0 Å². The molecule has 0 aromatic carbocycles. The fourth-order valence-corrected chi connectivity index (χ4v) is 0.917. The van der Waals surface area contributed by atoms with Crippen LogP contribution >= 0.6 is 0 Å². The van der Waals surface area contributed by atoms with E-state index in [-0.39, 0.29) is 17.9 Å². The van der Waals surface area contributed by atoms with Gasteiger partial charge in [0, 0.05) is 12.5 Å². The van der Waals surface area contributed by atoms with Crippen LogP contribution in [0, 0.1) is 0 Å². The van der Waals surface area contributed by atoms with Crippen LogP contribution in [0.1, 0.15) is 33.1 Å². The lowest BCUT2D eigenvalue weighted by Crippen LogP contribution is -2.33. The largest absolute Gasteiger partial charge is 0.327 e. The van der Waals surface area contributed by atoms with Gasteiger partial charge in [-0.15, -0.1) is 0 Å². The Morgan fingerprint density at radius 2 is 2.00 bits per heavy atom. The van der Waals surface area contributed by atoms with E-state index >= 15 is 0 Å². The van der Waals surface area contributed by atoms with E-state index in [1.807, 2.05) is 0 Å². The molecule has 0 aromatic heterocycles. The van der Waals surface area contributed by atoms with Crippen molar-refractivity contribution < 1.29 is 4.79 Å². The summed E-state index contributed by atoms with van der Waals surface area (Å²) in [6, 6.07) is -0.364. The fourth-order valence-electron chi connectivity index (χ4n) is 0.917. The van der Waals surface area contributed by atoms with Crippen molar-refractivity contribution in [1.82, 2.24) is 0 Å². The maximum absolute atomic E-state index is 11.0. The molecule has 0 radical (unpaired) electrons. The Morgan fingerprint density at radius 1 is 1.45 bits per heavy atom. The Morgan fingerprint density at radius 3 is 2.36 bits per heavy atom. The lowest BCUT2D eigenvalue weighted by Gasteiger charge is -2.10. The molecule has 3 heteroatoms. The predicted octanol–water partition coefficient (Wildman–Crippen LogP) is 0.420. The van der Waals surface area contributed by atoms with Crippen LogP contribution in [-0.2, 0) is 4.79 Å². The third kappa shape index (κ3) is 4.93. The van der Waals surface area contributed by atoms with Crippen LogP contribution in [-0.4, -0.2) is 17.9 Å². The van der Waals surface area contributed by atoms with Crippen molar-refractivity contribution in [2.24, 2.45) is 11.5 Å². The second-order valence-electron chi connectivity index (χ2n) is 3.01. The topological polar surface area (TPSA) is 69.1 Å². The summed E-state index contributed by atoms with van der Waals surface area (Å²) in [5.74, 6) is 0.0611. The zero-order valence-electron chi connectivity index (χ0n) is 7.34. The van der Waals surface area contributed by atoms with Crippen LogP contribution in [0.5, 0.6) is 0 Å². The van der Waals surface area contributed by atoms with E-state index in [0.717, 1.165) is 12.8 Å². The van der Waals surface area contributed by atoms with E-state index in [1.54, 1.807) is 6.92 Å². The van der Waals surface area contributed by atoms with Crippen molar-refractivity contribution in [2.45, 2.75) is 45.2 Å². The van der Waals surface area contributed by atoms with Gasteiger partial charge in [0.25, 0.3) is 0 Å². The predicted molar refractivity (Wildman–Crippen MR) is 46.2 cm³/mol. The quantitative estimate of drug-likeness (QED) is 0.609. The summed E-state index contributed by atoms with van der Waals surface area (Å²) in [6.45, 7) is 3.75. The third-order valence-electron chi connectivity index (χ3n) is 1.63. The standard InChI is InChI=1S/C8H18N2O/c1-3-4-7(10)5-8(11)6(2)9/h6-7H,3-5,9-10H2,1-2H3. The molecule has 2 atom stereocenters. The smallest absolute Gasteiger partial charge is 0.150 e. The summed E-state index contributed by atoms with van der Waals surface area (Å²) < 4.78 is 0. The van der Waals surface area contributed by atoms with Crippen LogP contribution < -0.4 is 11.5 Å². The zero-order valence-corrected chi connectivity index (χ0v) is 7.34. The molecular weight excluding hydrogens is 140 g/mol. The van der Waals surface area contributed by atoms with Gasteiger partial charge in [-0.1, -0.05) is 13.3 Å². The Kier molecular flexibility index (Phi) is 5.07. The van der Waals surface area contributed by atoms with E-state index in [0.29, 0.717) is 6.42 Å². The van der Waals surface area contributed by atoms with Gasteiger partial charge in [-0.3, -0.25) is 4.79 Å². The molecule has 11 heavy (non-hydrogen) atoms. The van der Waals surface area contributed by atoms with E-state index < -0.39 is 0 Å². The minimum atomic E-state index is -0.363. The molecule has 0 saturated carbocycles. The number of rotatable bonds is 5. The molecule has 66 valence electrons. The van der Waals surface area contributed by atoms with Crippen LogP contribution in [0.3, 0.4) is 0 Å². The summed E-state index contributed by atoms with van der Waals surface area (Å²) in [4.78, 5) is 11.0. The van der Waals surface area contributed by atoms with Crippen LogP contribution in [0.4, 0.5) is 0 Å². The highest BCUT2D eigenvalue weighted by Gasteiger charge is 2.11. The van der Waals surface area contributed by atoms with Gasteiger partial charge >= 0.3 is 0 Å². The molecule has 0 rings (SSSR count). The van der Waals surface area contributed by atoms with E-state index in [2.05, 4.69) is 6.92 Å². The van der Waals surface area contributed by atoms with Gasteiger partial charge < -0.3 is 11.5 Å². The van der Waals surface area contributed by atoms with Crippen molar-refractivity contribution >= 4 is 5.78 Å². The van der Waals surface area contributed by atoms with Crippen LogP contribution in [0.25, 0.3) is 0 Å². The molecule has 3 nitrogen and oxygen atoms in total. The lowest BCUT2D eigenvalue weighted by molar-refractivity contribution is -0.120. The molecular formula is C8H18N2O. The number of nitrogens with two attached hydrogens (primary N) is 2. The van der Waals surface area contributed by atoms with E-state index in [9.17, 15) is 4.79 Å². The van der Waals surface area contributed by atoms with Crippen molar-refractivity contribution in [3.63, 3.8) is 0 Å². The number of ketones is 1. The Labute approximate surface area is 68.1 Å². The first-order chi connectivity index (χ1) is 5.07. The second kappa shape index (κ2) is 5.27. The SMILES string of the molecule is CCCC(N)CC(=O)C(C)N. The molecule has 0 aliphatic carbocycles. The van der Waals surface area contributed by atoms with Crippen molar-refractivity contribution in [3.8, 4) is 0 Å². The highest BCUT2D eigenvalue weighted by atomic mass is 16.1. The van der Waals surface area contributed by atoms with E-state index in [4.69, 9.17) is 11.5 Å². The molecule has 0 heterocycles. The zero-order chi connectivity index (χ0) is 8.85. The second-order valence-corrected chi connectivity index (χ2v) is 3.01. The third-order valence-corrected chi connectivity index (χ3v) is 1.63. The van der Waals surface area contributed by atoms with Gasteiger partial charge in [-0.05, 0) is 13.3 Å². The van der Waals surface area contributed by atoms with Gasteiger partial charge in [0.15, 0.2) is 5.78 Å². The fraction of sp³-hybridized carbons (Fsp3) is 0.875. The average molecular weight is 158 g/mol. The molecule has 0 amide bonds. The number of carbonyl (C=O) groups excluding carboxylic acids is 1. The maximum Gasteiger partial charge on any atom is 0.150 e. The molecule has 4 N–H and O–H groups in total. The minimum Gasteiger partial charge on any atom is -0.327 e.